The molecule has 1 spiro atoms. The van der Waals surface area contributed by atoms with Crippen molar-refractivity contribution in [2.45, 2.75) is 5.41 Å². The summed E-state index contributed by atoms with van der Waals surface area (Å²) < 4.78 is 3.57. The lowest BCUT2D eigenvalue weighted by atomic mass is 9.70. The minimum absolute atomic E-state index is 0.448. The molecule has 11 aromatic rings. The van der Waals surface area contributed by atoms with Gasteiger partial charge < -0.3 is 0 Å². The predicted molar refractivity (Wildman–Crippen MR) is 228 cm³/mol. The zero-order chi connectivity index (χ0) is 35.8. The van der Waals surface area contributed by atoms with Crippen LogP contribution in [-0.2, 0) is 5.41 Å². The van der Waals surface area contributed by atoms with E-state index in [1.807, 2.05) is 0 Å². The molecule has 13 rings (SSSR count). The Balaban J connectivity index is 1.20. The van der Waals surface area contributed by atoms with Crippen molar-refractivity contribution in [3.63, 3.8) is 0 Å². The number of fused-ring (bicyclic) bond motifs is 17. The maximum Gasteiger partial charge on any atom is 0.165 e. The molecule has 3 heterocycles. The fraction of sp³-hybridized carbons (Fsp3) is 0.0196. The molecule has 55 heavy (non-hydrogen) atoms. The molecular weight excluding hydrogens is 687 g/mol. The number of thiophene rings is 1. The van der Waals surface area contributed by atoms with E-state index in [0.717, 1.165) is 43.8 Å². The van der Waals surface area contributed by atoms with E-state index in [4.69, 9.17) is 9.97 Å². The fourth-order valence-corrected chi connectivity index (χ4v) is 11.1. The van der Waals surface area contributed by atoms with E-state index in [2.05, 4.69) is 180 Å². The number of benzene rings is 8. The van der Waals surface area contributed by atoms with Gasteiger partial charge in [-0.25, -0.2) is 9.97 Å². The van der Waals surface area contributed by atoms with Crippen LogP contribution < -0.4 is 0 Å². The van der Waals surface area contributed by atoms with E-state index in [-0.39, 0.29) is 0 Å². The Bertz CT molecular complexity index is 3410. The van der Waals surface area contributed by atoms with Crippen LogP contribution in [0.5, 0.6) is 0 Å². The number of nitrogens with zero attached hydrogens (tertiary/aromatic N) is 3. The molecule has 0 N–H and O–H groups in total. The van der Waals surface area contributed by atoms with E-state index >= 15 is 0 Å². The van der Waals surface area contributed by atoms with Crippen LogP contribution in [0.2, 0.25) is 0 Å². The van der Waals surface area contributed by atoms with E-state index < -0.39 is 5.41 Å². The van der Waals surface area contributed by atoms with Gasteiger partial charge in [0.2, 0.25) is 0 Å². The summed E-state index contributed by atoms with van der Waals surface area (Å²) >= 11 is 1.72. The highest BCUT2D eigenvalue weighted by atomic mass is 32.1. The van der Waals surface area contributed by atoms with Crippen molar-refractivity contribution in [2.24, 2.45) is 0 Å². The summed E-state index contributed by atoms with van der Waals surface area (Å²) in [6, 6.07) is 64.6. The van der Waals surface area contributed by atoms with Crippen molar-refractivity contribution >= 4 is 64.3 Å². The highest BCUT2D eigenvalue weighted by Gasteiger charge is 2.52. The molecule has 2 aliphatic carbocycles. The van der Waals surface area contributed by atoms with Crippen LogP contribution >= 0.6 is 11.3 Å². The fourth-order valence-electron chi connectivity index (χ4n) is 10.1. The number of rotatable bonds is 2. The first-order valence-electron chi connectivity index (χ1n) is 18.8. The van der Waals surface area contributed by atoms with Gasteiger partial charge in [-0.05, 0) is 79.5 Å². The predicted octanol–water partition coefficient (Wildman–Crippen LogP) is 13.1. The maximum absolute atomic E-state index is 5.72. The smallest absolute Gasteiger partial charge is 0.165 e. The van der Waals surface area contributed by atoms with Crippen LogP contribution in [0, 0.1) is 0 Å². The summed E-state index contributed by atoms with van der Waals surface area (Å²) in [4.78, 5) is 12.4. The largest absolute Gasteiger partial charge is 0.292 e. The van der Waals surface area contributed by atoms with Gasteiger partial charge in [-0.1, -0.05) is 152 Å². The highest BCUT2D eigenvalue weighted by Crippen LogP contribution is 2.64. The summed E-state index contributed by atoms with van der Waals surface area (Å²) in [6.07, 6.45) is 0. The zero-order valence-corrected chi connectivity index (χ0v) is 30.3. The molecule has 0 fully saturated rings. The van der Waals surface area contributed by atoms with Gasteiger partial charge in [0.25, 0.3) is 0 Å². The van der Waals surface area contributed by atoms with E-state index in [0.29, 0.717) is 0 Å². The molecule has 3 nitrogen and oxygen atoms in total. The van der Waals surface area contributed by atoms with Crippen LogP contribution in [0.15, 0.2) is 176 Å². The van der Waals surface area contributed by atoms with Crippen LogP contribution in [0.3, 0.4) is 0 Å². The van der Waals surface area contributed by atoms with Crippen molar-refractivity contribution in [2.75, 3.05) is 0 Å². The van der Waals surface area contributed by atoms with Gasteiger partial charge in [-0.3, -0.25) is 4.57 Å². The van der Waals surface area contributed by atoms with Crippen molar-refractivity contribution in [3.8, 4) is 39.3 Å². The topological polar surface area (TPSA) is 30.7 Å². The van der Waals surface area contributed by atoms with Crippen LogP contribution in [-0.4, -0.2) is 14.5 Å². The molecule has 0 saturated heterocycles. The second-order valence-corrected chi connectivity index (χ2v) is 15.9. The quantitative estimate of drug-likeness (QED) is 0.178. The van der Waals surface area contributed by atoms with E-state index in [1.165, 1.54) is 70.8 Å². The van der Waals surface area contributed by atoms with Gasteiger partial charge in [0, 0.05) is 26.4 Å². The first kappa shape index (κ1) is 29.6. The minimum atomic E-state index is -0.448. The lowest BCUT2D eigenvalue weighted by molar-refractivity contribution is 0.794. The Labute approximate surface area is 320 Å². The Hall–Kier alpha value is -6.88. The third-order valence-electron chi connectivity index (χ3n) is 12.2. The molecule has 0 saturated carbocycles. The second-order valence-electron chi connectivity index (χ2n) is 14.8. The second kappa shape index (κ2) is 10.6. The Morgan fingerprint density at radius 1 is 0.436 bits per heavy atom. The van der Waals surface area contributed by atoms with Gasteiger partial charge in [0.1, 0.15) is 16.0 Å². The first-order chi connectivity index (χ1) is 27.3. The van der Waals surface area contributed by atoms with Crippen molar-refractivity contribution in [1.29, 1.82) is 0 Å². The van der Waals surface area contributed by atoms with Crippen LogP contribution in [0.4, 0.5) is 0 Å². The Morgan fingerprint density at radius 2 is 1.02 bits per heavy atom. The SMILES string of the molecule is c1ccc2c(c1)-c1ccccc1C21c2ccccc2-c2c(-c3nc4sc5ccccc5c4nc3-n3c4ccccc4c4cc5ccccc5cc43)cccc21. The average Bonchev–Trinajstić information content (AvgIpc) is 3.96. The van der Waals surface area contributed by atoms with Crippen molar-refractivity contribution in [1.82, 2.24) is 14.5 Å². The third kappa shape index (κ3) is 3.70. The zero-order valence-electron chi connectivity index (χ0n) is 29.5. The molecule has 4 heteroatoms. The number of para-hydroxylation sites is 1. The standard InChI is InChI=1S/C51H29N3S/c1-2-15-31-29-44-38(28-30(31)14-1)34-18-6-11-26-43(34)54(44)49-47(53-50-48(52-49)36-20-7-12-27-45(36)55-50)37-21-13-25-42-46(37)35-19-5-10-24-41(35)51(42)39-22-8-3-16-32(39)33-17-4-9-23-40(33)51/h1-29H. The van der Waals surface area contributed by atoms with Gasteiger partial charge in [-0.15, -0.1) is 11.3 Å². The molecule has 0 unspecified atom stereocenters. The number of hydrogen-bond donors (Lipinski definition) is 0. The summed E-state index contributed by atoms with van der Waals surface area (Å²) in [5.74, 6) is 0.844. The number of hydrogen-bond acceptors (Lipinski definition) is 3. The summed E-state index contributed by atoms with van der Waals surface area (Å²) in [6.45, 7) is 0. The molecule has 0 amide bonds. The van der Waals surface area contributed by atoms with E-state index in [9.17, 15) is 0 Å². The molecule has 8 aromatic carbocycles. The normalized spacial score (nSPS) is 13.6. The lowest BCUT2D eigenvalue weighted by Crippen LogP contribution is -2.25. The van der Waals surface area contributed by atoms with Crippen LogP contribution in [0.25, 0.3) is 92.3 Å². The maximum atomic E-state index is 5.72. The summed E-state index contributed by atoms with van der Waals surface area (Å²) in [5, 5.41) is 5.97. The molecule has 0 bridgehead atoms. The molecule has 3 aromatic heterocycles. The summed E-state index contributed by atoms with van der Waals surface area (Å²) in [5.41, 5.74) is 15.1. The Morgan fingerprint density at radius 3 is 1.80 bits per heavy atom. The van der Waals surface area contributed by atoms with Crippen molar-refractivity contribution < 1.29 is 0 Å². The lowest BCUT2D eigenvalue weighted by Gasteiger charge is -2.30. The van der Waals surface area contributed by atoms with Crippen molar-refractivity contribution in [3.05, 3.63) is 198 Å². The minimum Gasteiger partial charge on any atom is -0.292 e. The van der Waals surface area contributed by atoms with Gasteiger partial charge in [0.15, 0.2) is 5.82 Å². The van der Waals surface area contributed by atoms with Gasteiger partial charge in [0.05, 0.1) is 16.4 Å². The van der Waals surface area contributed by atoms with E-state index in [1.54, 1.807) is 11.3 Å². The average molecular weight is 716 g/mol. The molecule has 2 aliphatic rings. The van der Waals surface area contributed by atoms with Crippen LogP contribution in [0.1, 0.15) is 22.3 Å². The Kier molecular flexibility index (Phi) is 5.71. The molecule has 0 atom stereocenters. The monoisotopic (exact) mass is 715 g/mol. The van der Waals surface area contributed by atoms with Gasteiger partial charge in [-0.2, -0.15) is 0 Å². The molecular formula is C51H29N3S. The third-order valence-corrected chi connectivity index (χ3v) is 13.3. The van der Waals surface area contributed by atoms with Gasteiger partial charge >= 0.3 is 0 Å². The molecule has 254 valence electrons. The molecule has 0 aliphatic heterocycles. The summed E-state index contributed by atoms with van der Waals surface area (Å²) in [7, 11) is 0. The first-order valence-corrected chi connectivity index (χ1v) is 19.7. The molecule has 0 radical (unpaired) electrons. The number of aromatic nitrogens is 3. The highest BCUT2D eigenvalue weighted by molar-refractivity contribution is 7.25.